The Balaban J connectivity index is 2.17. The first-order chi connectivity index (χ1) is 19.2. The fourth-order valence-corrected chi connectivity index (χ4v) is 6.95. The molecular weight excluding hydrogens is 582 g/mol. The highest BCUT2D eigenvalue weighted by Gasteiger charge is 2.41. The number of methoxy groups -OCH3 is 1. The van der Waals surface area contributed by atoms with E-state index < -0.39 is 67.6 Å². The number of carbonyl (C=O) groups is 4. The van der Waals surface area contributed by atoms with E-state index in [2.05, 4.69) is 15.0 Å². The van der Waals surface area contributed by atoms with Crippen LogP contribution >= 0.6 is 0 Å². The summed E-state index contributed by atoms with van der Waals surface area (Å²) in [5, 5.41) is 2.60. The number of nitrogens with zero attached hydrogens (tertiary/aromatic N) is 3. The van der Waals surface area contributed by atoms with Crippen LogP contribution in [0.1, 0.15) is 44.9 Å². The van der Waals surface area contributed by atoms with Gasteiger partial charge in [0.25, 0.3) is 10.2 Å². The Hall–Kier alpha value is -2.83. The molecule has 234 valence electrons. The number of ether oxygens (including phenoxy) is 1. The zero-order chi connectivity index (χ0) is 30.8. The van der Waals surface area contributed by atoms with Crippen LogP contribution in [0.5, 0.6) is 0 Å². The number of amides is 2. The van der Waals surface area contributed by atoms with Crippen molar-refractivity contribution in [2.75, 3.05) is 45.3 Å². The lowest BCUT2D eigenvalue weighted by Crippen LogP contribution is -2.57. The molecule has 16 nitrogen and oxygen atoms in total. The average Bonchev–Trinajstić information content (AvgIpc) is 3.41. The number of piperidine rings is 1. The van der Waals surface area contributed by atoms with Crippen LogP contribution < -0.4 is 21.5 Å². The van der Waals surface area contributed by atoms with E-state index in [1.165, 1.54) is 12.0 Å². The molecule has 2 aliphatic heterocycles. The van der Waals surface area contributed by atoms with Gasteiger partial charge in [-0.15, -0.1) is 0 Å². The number of aliphatic imine (C=N–C) groups is 1. The Morgan fingerprint density at radius 1 is 1.10 bits per heavy atom. The SMILES string of the molecule is COC(=O)C1CCCN(S(=O)(=O)NC(CCS(C)(=O)=O)C(=O)N2CCCC2C(=O)N[C@H](C=O)CCCN=C(N)N)C1. The molecule has 0 aromatic carbocycles. The zero-order valence-corrected chi connectivity index (χ0v) is 25.0. The smallest absolute Gasteiger partial charge is 0.309 e. The van der Waals surface area contributed by atoms with Gasteiger partial charge in [0.05, 0.1) is 24.8 Å². The van der Waals surface area contributed by atoms with Crippen molar-refractivity contribution in [1.82, 2.24) is 19.2 Å². The van der Waals surface area contributed by atoms with Crippen molar-refractivity contribution in [3.63, 3.8) is 0 Å². The summed E-state index contributed by atoms with van der Waals surface area (Å²) in [7, 11) is -6.68. The summed E-state index contributed by atoms with van der Waals surface area (Å²) in [6, 6.07) is -3.31. The monoisotopic (exact) mass is 623 g/mol. The molecule has 2 amide bonds. The van der Waals surface area contributed by atoms with E-state index in [-0.39, 0.29) is 51.4 Å². The highest BCUT2D eigenvalue weighted by molar-refractivity contribution is 7.90. The molecule has 0 bridgehead atoms. The van der Waals surface area contributed by atoms with Crippen LogP contribution in [0.4, 0.5) is 0 Å². The topological polar surface area (TPSA) is 241 Å². The molecule has 2 fully saturated rings. The summed E-state index contributed by atoms with van der Waals surface area (Å²) < 4.78 is 58.4. The molecule has 0 saturated carbocycles. The lowest BCUT2D eigenvalue weighted by molar-refractivity contribution is -0.146. The Bertz CT molecular complexity index is 1190. The van der Waals surface area contributed by atoms with Gasteiger partial charge in [0.15, 0.2) is 5.96 Å². The van der Waals surface area contributed by atoms with Gasteiger partial charge < -0.3 is 31.2 Å². The van der Waals surface area contributed by atoms with Crippen LogP contribution in [0.15, 0.2) is 4.99 Å². The molecule has 3 unspecified atom stereocenters. The van der Waals surface area contributed by atoms with Crippen molar-refractivity contribution >= 4 is 50.1 Å². The first-order valence-electron chi connectivity index (χ1n) is 13.3. The maximum absolute atomic E-state index is 13.6. The van der Waals surface area contributed by atoms with Gasteiger partial charge in [0, 0.05) is 32.4 Å². The van der Waals surface area contributed by atoms with Gasteiger partial charge in [-0.25, -0.2) is 8.42 Å². The number of guanidine groups is 1. The number of esters is 1. The number of aldehydes is 1. The number of carbonyl (C=O) groups excluding carboxylic acids is 4. The quantitative estimate of drug-likeness (QED) is 0.0479. The Kier molecular flexibility index (Phi) is 12.9. The standard InChI is InChI=1S/C23H41N7O9S2/c1-39-22(34)16-6-4-11-29(14-16)41(37,38)28-18(9-13-40(2,35)36)21(33)30-12-5-8-19(30)20(32)27-17(15-31)7-3-10-26-23(24)25/h15-19,28H,3-14H2,1-2H3,(H,27,32)(H4,24,25,26)/t16?,17-,18?,19?/m0/s1. The first kappa shape index (κ1) is 34.4. The lowest BCUT2D eigenvalue weighted by atomic mass is 10.0. The minimum Gasteiger partial charge on any atom is -0.469 e. The summed E-state index contributed by atoms with van der Waals surface area (Å²) in [6.45, 7) is 0.343. The van der Waals surface area contributed by atoms with E-state index >= 15 is 0 Å². The summed E-state index contributed by atoms with van der Waals surface area (Å²) >= 11 is 0. The first-order valence-corrected chi connectivity index (χ1v) is 16.8. The van der Waals surface area contributed by atoms with Crippen LogP contribution in [-0.2, 0) is 44.0 Å². The zero-order valence-electron chi connectivity index (χ0n) is 23.4. The average molecular weight is 624 g/mol. The molecule has 2 rings (SSSR count). The third-order valence-corrected chi connectivity index (χ3v) is 9.49. The largest absolute Gasteiger partial charge is 0.469 e. The van der Waals surface area contributed by atoms with E-state index in [1.807, 2.05) is 0 Å². The van der Waals surface area contributed by atoms with Crippen LogP contribution in [-0.4, -0.2) is 119 Å². The third kappa shape index (κ3) is 10.8. The molecule has 0 radical (unpaired) electrons. The van der Waals surface area contributed by atoms with Crippen molar-refractivity contribution in [3.05, 3.63) is 0 Å². The molecule has 0 aromatic heterocycles. The van der Waals surface area contributed by atoms with Gasteiger partial charge in [0.2, 0.25) is 11.8 Å². The van der Waals surface area contributed by atoms with Crippen molar-refractivity contribution in [1.29, 1.82) is 0 Å². The predicted molar refractivity (Wildman–Crippen MR) is 149 cm³/mol. The molecule has 0 aromatic rings. The lowest BCUT2D eigenvalue weighted by Gasteiger charge is -2.33. The number of nitrogens with two attached hydrogens (primary N) is 2. The molecule has 2 aliphatic rings. The van der Waals surface area contributed by atoms with E-state index in [1.54, 1.807) is 0 Å². The Labute approximate surface area is 240 Å². The predicted octanol–water partition coefficient (Wildman–Crippen LogP) is -2.76. The number of hydrogen-bond acceptors (Lipinski definition) is 10. The number of nitrogens with one attached hydrogen (secondary N) is 2. The molecular formula is C23H41N7O9S2. The molecule has 0 aliphatic carbocycles. The van der Waals surface area contributed by atoms with Crippen molar-refractivity contribution < 1.29 is 40.8 Å². The molecule has 0 spiro atoms. The van der Waals surface area contributed by atoms with Gasteiger partial charge in [-0.1, -0.05) is 0 Å². The maximum Gasteiger partial charge on any atom is 0.309 e. The van der Waals surface area contributed by atoms with E-state index in [4.69, 9.17) is 16.2 Å². The van der Waals surface area contributed by atoms with E-state index in [0.717, 1.165) is 10.6 Å². The highest BCUT2D eigenvalue weighted by atomic mass is 32.2. The fraction of sp³-hybridized carbons (Fsp3) is 0.783. The Morgan fingerprint density at radius 3 is 2.39 bits per heavy atom. The molecule has 2 heterocycles. The van der Waals surface area contributed by atoms with Gasteiger partial charge in [0.1, 0.15) is 28.2 Å². The second kappa shape index (κ2) is 15.4. The number of hydrogen-bond donors (Lipinski definition) is 4. The number of sulfone groups is 1. The number of likely N-dealkylation sites (tertiary alicyclic amines) is 1. The number of rotatable bonds is 15. The maximum atomic E-state index is 13.6. The second-order valence-corrected chi connectivity index (χ2v) is 14.2. The van der Waals surface area contributed by atoms with E-state index in [0.29, 0.717) is 32.0 Å². The fourth-order valence-electron chi connectivity index (χ4n) is 4.81. The summed E-state index contributed by atoms with van der Waals surface area (Å²) in [5.41, 5.74) is 10.6. The third-order valence-electron chi connectivity index (χ3n) is 6.92. The van der Waals surface area contributed by atoms with Crippen molar-refractivity contribution in [3.8, 4) is 0 Å². The minimum atomic E-state index is -4.32. The highest BCUT2D eigenvalue weighted by Crippen LogP contribution is 2.23. The molecule has 6 N–H and O–H groups in total. The second-order valence-electron chi connectivity index (χ2n) is 10.2. The van der Waals surface area contributed by atoms with Crippen LogP contribution in [0, 0.1) is 5.92 Å². The minimum absolute atomic E-state index is 0.0959. The van der Waals surface area contributed by atoms with E-state index in [9.17, 15) is 36.0 Å². The van der Waals surface area contributed by atoms with Gasteiger partial charge >= 0.3 is 5.97 Å². The summed E-state index contributed by atoms with van der Waals surface area (Å²) in [5.74, 6) is -3.15. The Morgan fingerprint density at radius 2 is 1.78 bits per heavy atom. The molecule has 18 heteroatoms. The van der Waals surface area contributed by atoms with Gasteiger partial charge in [-0.05, 0) is 44.9 Å². The van der Waals surface area contributed by atoms with Gasteiger partial charge in [-0.2, -0.15) is 17.4 Å². The van der Waals surface area contributed by atoms with Crippen molar-refractivity contribution in [2.24, 2.45) is 22.4 Å². The molecule has 2 saturated heterocycles. The van der Waals surface area contributed by atoms with Gasteiger partial charge in [-0.3, -0.25) is 19.4 Å². The summed E-state index contributed by atoms with van der Waals surface area (Å²) in [6.07, 6.45) is 3.39. The van der Waals surface area contributed by atoms with Crippen LogP contribution in [0.3, 0.4) is 0 Å². The molecule has 4 atom stereocenters. The normalized spacial score (nSPS) is 21.5. The summed E-state index contributed by atoms with van der Waals surface area (Å²) in [4.78, 5) is 55.2. The van der Waals surface area contributed by atoms with Crippen LogP contribution in [0.2, 0.25) is 0 Å². The van der Waals surface area contributed by atoms with Crippen LogP contribution in [0.25, 0.3) is 0 Å². The van der Waals surface area contributed by atoms with Crippen molar-refractivity contribution in [2.45, 2.75) is 63.1 Å². The molecule has 41 heavy (non-hydrogen) atoms.